The second-order valence-corrected chi connectivity index (χ2v) is 4.93. The van der Waals surface area contributed by atoms with Crippen LogP contribution in [0.15, 0.2) is 18.2 Å². The average molecular weight is 270 g/mol. The Balaban J connectivity index is 2.36. The van der Waals surface area contributed by atoms with E-state index in [1.807, 2.05) is 14.1 Å². The first kappa shape index (κ1) is 14.8. The molecule has 1 aromatic rings. The lowest BCUT2D eigenvalue weighted by molar-refractivity contribution is 0.0953. The molecule has 0 aliphatic heterocycles. The zero-order valence-electron chi connectivity index (χ0n) is 10.9. The summed E-state index contributed by atoms with van der Waals surface area (Å²) < 4.78 is 0. The molecule has 0 bridgehead atoms. The molecule has 4 nitrogen and oxygen atoms in total. The van der Waals surface area contributed by atoms with Crippen molar-refractivity contribution in [1.29, 1.82) is 0 Å². The van der Waals surface area contributed by atoms with Crippen LogP contribution in [0, 0.1) is 0 Å². The fourth-order valence-electron chi connectivity index (χ4n) is 1.59. The van der Waals surface area contributed by atoms with Crippen LogP contribution in [0.2, 0.25) is 5.02 Å². The van der Waals surface area contributed by atoms with Crippen molar-refractivity contribution in [3.63, 3.8) is 0 Å². The van der Waals surface area contributed by atoms with Crippen molar-refractivity contribution >= 4 is 23.2 Å². The highest BCUT2D eigenvalue weighted by Gasteiger charge is 2.08. The monoisotopic (exact) mass is 269 g/mol. The Morgan fingerprint density at radius 3 is 2.72 bits per heavy atom. The number of benzene rings is 1. The third kappa shape index (κ3) is 4.94. The van der Waals surface area contributed by atoms with E-state index in [2.05, 4.69) is 10.2 Å². The lowest BCUT2D eigenvalue weighted by Crippen LogP contribution is -2.26. The van der Waals surface area contributed by atoms with Gasteiger partial charge in [0.05, 0.1) is 5.56 Å². The molecule has 1 amide bonds. The predicted molar refractivity (Wildman–Crippen MR) is 76.0 cm³/mol. The van der Waals surface area contributed by atoms with Gasteiger partial charge in [-0.3, -0.25) is 4.79 Å². The number of hydrogen-bond acceptors (Lipinski definition) is 3. The van der Waals surface area contributed by atoms with Crippen LogP contribution in [0.25, 0.3) is 0 Å². The van der Waals surface area contributed by atoms with Gasteiger partial charge in [-0.05, 0) is 51.7 Å². The number of amides is 1. The van der Waals surface area contributed by atoms with Gasteiger partial charge < -0.3 is 16.0 Å². The SMILES string of the molecule is CN(C)CCCCNC(=O)c1ccc(Cl)cc1N. The third-order valence-electron chi connectivity index (χ3n) is 2.58. The lowest BCUT2D eigenvalue weighted by atomic mass is 10.1. The number of unbranched alkanes of at least 4 members (excludes halogenated alkanes) is 1. The van der Waals surface area contributed by atoms with E-state index in [4.69, 9.17) is 17.3 Å². The van der Waals surface area contributed by atoms with Crippen LogP contribution >= 0.6 is 11.6 Å². The Morgan fingerprint density at radius 2 is 2.11 bits per heavy atom. The molecule has 0 aliphatic carbocycles. The largest absolute Gasteiger partial charge is 0.398 e. The third-order valence-corrected chi connectivity index (χ3v) is 2.81. The molecule has 18 heavy (non-hydrogen) atoms. The van der Waals surface area contributed by atoms with Crippen molar-refractivity contribution in [2.45, 2.75) is 12.8 Å². The standard InChI is InChI=1S/C13H20ClN3O/c1-17(2)8-4-3-7-16-13(18)11-6-5-10(14)9-12(11)15/h5-6,9H,3-4,7-8,15H2,1-2H3,(H,16,18). The second kappa shape index (κ2) is 7.24. The van der Waals surface area contributed by atoms with Gasteiger partial charge in [-0.2, -0.15) is 0 Å². The van der Waals surface area contributed by atoms with Crippen molar-refractivity contribution < 1.29 is 4.79 Å². The van der Waals surface area contributed by atoms with E-state index in [9.17, 15) is 4.79 Å². The number of anilines is 1. The molecule has 3 N–H and O–H groups in total. The minimum Gasteiger partial charge on any atom is -0.398 e. The highest BCUT2D eigenvalue weighted by atomic mass is 35.5. The van der Waals surface area contributed by atoms with Gasteiger partial charge >= 0.3 is 0 Å². The quantitative estimate of drug-likeness (QED) is 0.613. The number of nitrogens with one attached hydrogen (secondary N) is 1. The first-order valence-corrected chi connectivity index (χ1v) is 6.36. The van der Waals surface area contributed by atoms with Gasteiger partial charge in [0.2, 0.25) is 0 Å². The summed E-state index contributed by atoms with van der Waals surface area (Å²) in [4.78, 5) is 14.0. The van der Waals surface area contributed by atoms with Crippen LogP contribution in [0.4, 0.5) is 5.69 Å². The predicted octanol–water partition coefficient (Wildman–Crippen LogP) is 1.99. The number of nitrogen functional groups attached to an aromatic ring is 1. The smallest absolute Gasteiger partial charge is 0.253 e. The van der Waals surface area contributed by atoms with E-state index >= 15 is 0 Å². The van der Waals surface area contributed by atoms with Gasteiger partial charge in [0.15, 0.2) is 0 Å². The summed E-state index contributed by atoms with van der Waals surface area (Å²) in [5.41, 5.74) is 6.63. The number of carbonyl (C=O) groups excluding carboxylic acids is 1. The molecule has 0 aliphatic rings. The van der Waals surface area contributed by atoms with Crippen LogP contribution in [0.3, 0.4) is 0 Å². The maximum Gasteiger partial charge on any atom is 0.253 e. The van der Waals surface area contributed by atoms with Crippen LogP contribution in [0.1, 0.15) is 23.2 Å². The number of hydrogen-bond donors (Lipinski definition) is 2. The molecule has 100 valence electrons. The van der Waals surface area contributed by atoms with Gasteiger partial charge in [0, 0.05) is 17.3 Å². The van der Waals surface area contributed by atoms with Crippen LogP contribution < -0.4 is 11.1 Å². The number of rotatable bonds is 6. The first-order valence-electron chi connectivity index (χ1n) is 5.98. The van der Waals surface area contributed by atoms with Gasteiger partial charge in [0.25, 0.3) is 5.91 Å². The van der Waals surface area contributed by atoms with E-state index in [0.29, 0.717) is 22.8 Å². The van der Waals surface area contributed by atoms with E-state index in [1.54, 1.807) is 18.2 Å². The fourth-order valence-corrected chi connectivity index (χ4v) is 1.77. The minimum atomic E-state index is -0.144. The van der Waals surface area contributed by atoms with Gasteiger partial charge in [-0.15, -0.1) is 0 Å². The topological polar surface area (TPSA) is 58.4 Å². The highest BCUT2D eigenvalue weighted by Crippen LogP contribution is 2.17. The molecule has 0 radical (unpaired) electrons. The van der Waals surface area contributed by atoms with Gasteiger partial charge in [-0.25, -0.2) is 0 Å². The molecule has 1 rings (SSSR count). The molecule has 0 fully saturated rings. The van der Waals surface area contributed by atoms with Crippen molar-refractivity contribution in [3.8, 4) is 0 Å². The maximum atomic E-state index is 11.8. The fraction of sp³-hybridized carbons (Fsp3) is 0.462. The molecule has 0 saturated heterocycles. The number of nitrogens with two attached hydrogens (primary N) is 1. The Bertz CT molecular complexity index is 407. The van der Waals surface area contributed by atoms with E-state index < -0.39 is 0 Å². The minimum absolute atomic E-state index is 0.144. The summed E-state index contributed by atoms with van der Waals surface area (Å²) in [6.07, 6.45) is 2.01. The molecule has 0 spiro atoms. The molecule has 1 aromatic carbocycles. The second-order valence-electron chi connectivity index (χ2n) is 4.50. The van der Waals surface area contributed by atoms with Gasteiger partial charge in [0.1, 0.15) is 0 Å². The van der Waals surface area contributed by atoms with Crippen molar-refractivity contribution in [2.75, 3.05) is 32.9 Å². The van der Waals surface area contributed by atoms with E-state index in [1.165, 1.54) is 0 Å². The van der Waals surface area contributed by atoms with Crippen LogP contribution in [-0.2, 0) is 0 Å². The Morgan fingerprint density at radius 1 is 1.39 bits per heavy atom. The van der Waals surface area contributed by atoms with Crippen LogP contribution in [-0.4, -0.2) is 38.0 Å². The molecule has 5 heteroatoms. The number of carbonyl (C=O) groups is 1. The summed E-state index contributed by atoms with van der Waals surface area (Å²) in [6.45, 7) is 1.69. The molecule has 0 atom stereocenters. The summed E-state index contributed by atoms with van der Waals surface area (Å²) in [6, 6.07) is 4.90. The normalized spacial score (nSPS) is 10.7. The molecule has 0 unspecified atom stereocenters. The Labute approximate surface area is 113 Å². The summed E-state index contributed by atoms with van der Waals surface area (Å²) >= 11 is 5.78. The number of halogens is 1. The van der Waals surface area contributed by atoms with Crippen molar-refractivity contribution in [1.82, 2.24) is 10.2 Å². The van der Waals surface area contributed by atoms with Crippen molar-refractivity contribution in [3.05, 3.63) is 28.8 Å². The summed E-state index contributed by atoms with van der Waals surface area (Å²) in [7, 11) is 4.07. The zero-order chi connectivity index (χ0) is 13.5. The highest BCUT2D eigenvalue weighted by molar-refractivity contribution is 6.31. The molecule has 0 saturated carbocycles. The summed E-state index contributed by atoms with van der Waals surface area (Å²) in [5, 5.41) is 3.39. The maximum absolute atomic E-state index is 11.8. The average Bonchev–Trinajstić information content (AvgIpc) is 2.27. The van der Waals surface area contributed by atoms with Crippen molar-refractivity contribution in [2.24, 2.45) is 0 Å². The molecule has 0 heterocycles. The van der Waals surface area contributed by atoms with E-state index in [-0.39, 0.29) is 5.91 Å². The van der Waals surface area contributed by atoms with Gasteiger partial charge in [-0.1, -0.05) is 11.6 Å². The Hall–Kier alpha value is -1.26. The first-order chi connectivity index (χ1) is 8.50. The molecular weight excluding hydrogens is 250 g/mol. The zero-order valence-corrected chi connectivity index (χ0v) is 11.6. The van der Waals surface area contributed by atoms with Crippen LogP contribution in [0.5, 0.6) is 0 Å². The Kier molecular flexibility index (Phi) is 5.95. The lowest BCUT2D eigenvalue weighted by Gasteiger charge is -2.10. The van der Waals surface area contributed by atoms with E-state index in [0.717, 1.165) is 19.4 Å². The molecule has 0 aromatic heterocycles. The molecular formula is C13H20ClN3O. The summed E-state index contributed by atoms with van der Waals surface area (Å²) in [5.74, 6) is -0.144. The number of nitrogens with zero attached hydrogens (tertiary/aromatic N) is 1.